The second-order valence-corrected chi connectivity index (χ2v) is 7.32. The summed E-state index contributed by atoms with van der Waals surface area (Å²) in [6.07, 6.45) is 0. The van der Waals surface area contributed by atoms with E-state index >= 15 is 0 Å². The molecule has 140 valence electrons. The van der Waals surface area contributed by atoms with Gasteiger partial charge in [0.15, 0.2) is 6.61 Å². The van der Waals surface area contributed by atoms with E-state index in [0.29, 0.717) is 21.5 Å². The van der Waals surface area contributed by atoms with Crippen LogP contribution in [0, 0.1) is 6.92 Å². The van der Waals surface area contributed by atoms with Crippen molar-refractivity contribution in [3.05, 3.63) is 76.1 Å². The normalized spacial score (nSPS) is 10.8. The summed E-state index contributed by atoms with van der Waals surface area (Å²) < 4.78 is 10.9. The highest BCUT2D eigenvalue weighted by Crippen LogP contribution is 2.28. The molecule has 2 aromatic heterocycles. The maximum atomic E-state index is 12.4. The minimum Gasteiger partial charge on any atom is -0.451 e. The van der Waals surface area contributed by atoms with Crippen LogP contribution in [0.15, 0.2) is 59.0 Å². The SMILES string of the molecule is Cc1nc(-c2ccccc2)sc1C(=O)OCc1nnc(-c2ccc(Cl)cc2)o1. The highest BCUT2D eigenvalue weighted by Gasteiger charge is 2.19. The van der Waals surface area contributed by atoms with Gasteiger partial charge < -0.3 is 9.15 Å². The van der Waals surface area contributed by atoms with Gasteiger partial charge in [-0.2, -0.15) is 0 Å². The third-order valence-electron chi connectivity index (χ3n) is 3.89. The minimum atomic E-state index is -0.469. The molecule has 6 nitrogen and oxygen atoms in total. The summed E-state index contributed by atoms with van der Waals surface area (Å²) in [5, 5.41) is 9.27. The molecule has 0 aliphatic rings. The first kappa shape index (κ1) is 18.3. The third kappa shape index (κ3) is 3.95. The summed E-state index contributed by atoms with van der Waals surface area (Å²) in [4.78, 5) is 17.4. The Morgan fingerprint density at radius 2 is 1.82 bits per heavy atom. The van der Waals surface area contributed by atoms with E-state index in [2.05, 4.69) is 15.2 Å². The number of benzene rings is 2. The lowest BCUT2D eigenvalue weighted by atomic mass is 10.2. The molecule has 0 aliphatic heterocycles. The largest absolute Gasteiger partial charge is 0.451 e. The van der Waals surface area contributed by atoms with Crippen molar-refractivity contribution in [1.29, 1.82) is 0 Å². The van der Waals surface area contributed by atoms with Gasteiger partial charge in [0, 0.05) is 16.1 Å². The van der Waals surface area contributed by atoms with Crippen LogP contribution in [0.25, 0.3) is 22.0 Å². The number of nitrogens with zero attached hydrogens (tertiary/aromatic N) is 3. The first-order valence-corrected chi connectivity index (χ1v) is 9.58. The molecule has 4 rings (SSSR count). The number of halogens is 1. The zero-order chi connectivity index (χ0) is 19.5. The van der Waals surface area contributed by atoms with Crippen molar-refractivity contribution in [2.45, 2.75) is 13.5 Å². The van der Waals surface area contributed by atoms with E-state index in [-0.39, 0.29) is 12.5 Å². The predicted octanol–water partition coefficient (Wildman–Crippen LogP) is 5.18. The Morgan fingerprint density at radius 3 is 2.57 bits per heavy atom. The van der Waals surface area contributed by atoms with Gasteiger partial charge in [0.05, 0.1) is 5.69 Å². The smallest absolute Gasteiger partial charge is 0.350 e. The fraction of sp³-hybridized carbons (Fsp3) is 0.100. The Hall–Kier alpha value is -3.03. The van der Waals surface area contributed by atoms with Gasteiger partial charge in [-0.1, -0.05) is 41.9 Å². The summed E-state index contributed by atoms with van der Waals surface area (Å²) in [5.74, 6) is 0.0789. The fourth-order valence-electron chi connectivity index (χ4n) is 2.50. The van der Waals surface area contributed by atoms with Crippen LogP contribution in [-0.2, 0) is 11.3 Å². The lowest BCUT2D eigenvalue weighted by Gasteiger charge is -2.00. The van der Waals surface area contributed by atoms with Gasteiger partial charge in [0.1, 0.15) is 9.88 Å². The number of thiazole rings is 1. The standard InChI is InChI=1S/C20H14ClN3O3S/c1-12-17(28-19(22-12)14-5-3-2-4-6-14)20(25)26-11-16-23-24-18(27-16)13-7-9-15(21)10-8-13/h2-10H,11H2,1H3. The molecule has 2 heterocycles. The van der Waals surface area contributed by atoms with Crippen molar-refractivity contribution in [3.8, 4) is 22.0 Å². The molecule has 0 bridgehead atoms. The van der Waals surface area contributed by atoms with Gasteiger partial charge in [0.25, 0.3) is 5.89 Å². The molecule has 0 aliphatic carbocycles. The van der Waals surface area contributed by atoms with E-state index < -0.39 is 5.97 Å². The van der Waals surface area contributed by atoms with Gasteiger partial charge in [-0.15, -0.1) is 21.5 Å². The predicted molar refractivity (Wildman–Crippen MR) is 106 cm³/mol. The molecular weight excluding hydrogens is 398 g/mol. The van der Waals surface area contributed by atoms with Crippen molar-refractivity contribution in [1.82, 2.24) is 15.2 Å². The maximum absolute atomic E-state index is 12.4. The van der Waals surface area contributed by atoms with E-state index in [1.165, 1.54) is 11.3 Å². The van der Waals surface area contributed by atoms with E-state index in [1.807, 2.05) is 30.3 Å². The molecule has 0 atom stereocenters. The van der Waals surface area contributed by atoms with Gasteiger partial charge in [-0.3, -0.25) is 0 Å². The van der Waals surface area contributed by atoms with Gasteiger partial charge in [-0.05, 0) is 31.2 Å². The molecule has 0 radical (unpaired) electrons. The second-order valence-electron chi connectivity index (χ2n) is 5.88. The zero-order valence-corrected chi connectivity index (χ0v) is 16.3. The quantitative estimate of drug-likeness (QED) is 0.421. The fourth-order valence-corrected chi connectivity index (χ4v) is 3.60. The topological polar surface area (TPSA) is 78.1 Å². The van der Waals surface area contributed by atoms with Crippen LogP contribution in [0.2, 0.25) is 5.02 Å². The molecule has 2 aromatic carbocycles. The molecule has 0 saturated heterocycles. The molecule has 0 unspecified atom stereocenters. The Morgan fingerprint density at radius 1 is 1.07 bits per heavy atom. The summed E-state index contributed by atoms with van der Waals surface area (Å²) in [6, 6.07) is 16.7. The third-order valence-corrected chi connectivity index (χ3v) is 5.33. The number of aryl methyl sites for hydroxylation is 1. The van der Waals surface area contributed by atoms with Gasteiger partial charge in [-0.25, -0.2) is 9.78 Å². The second kappa shape index (κ2) is 7.92. The molecule has 0 amide bonds. The van der Waals surface area contributed by atoms with E-state index in [4.69, 9.17) is 20.8 Å². The Bertz CT molecular complexity index is 1110. The molecule has 0 spiro atoms. The number of esters is 1. The molecular formula is C20H14ClN3O3S. The van der Waals surface area contributed by atoms with Crippen molar-refractivity contribution >= 4 is 28.9 Å². The van der Waals surface area contributed by atoms with Gasteiger partial charge >= 0.3 is 5.97 Å². The van der Waals surface area contributed by atoms with Crippen LogP contribution in [0.4, 0.5) is 0 Å². The average Bonchev–Trinajstić information content (AvgIpc) is 3.34. The van der Waals surface area contributed by atoms with Crippen LogP contribution in [0.3, 0.4) is 0 Å². The highest BCUT2D eigenvalue weighted by atomic mass is 35.5. The summed E-state index contributed by atoms with van der Waals surface area (Å²) in [5.41, 5.74) is 2.32. The van der Waals surface area contributed by atoms with Crippen LogP contribution in [0.1, 0.15) is 21.3 Å². The average molecular weight is 412 g/mol. The monoisotopic (exact) mass is 411 g/mol. The van der Waals surface area contributed by atoms with E-state index in [9.17, 15) is 4.79 Å². The number of hydrogen-bond donors (Lipinski definition) is 0. The molecule has 28 heavy (non-hydrogen) atoms. The minimum absolute atomic E-state index is 0.114. The lowest BCUT2D eigenvalue weighted by molar-refractivity contribution is 0.0443. The number of hydrogen-bond acceptors (Lipinski definition) is 7. The molecule has 4 aromatic rings. The Labute approximate surface area is 169 Å². The first-order valence-electron chi connectivity index (χ1n) is 8.38. The highest BCUT2D eigenvalue weighted by molar-refractivity contribution is 7.17. The number of rotatable bonds is 5. The van der Waals surface area contributed by atoms with E-state index in [0.717, 1.165) is 16.1 Å². The Balaban J connectivity index is 1.44. The van der Waals surface area contributed by atoms with E-state index in [1.54, 1.807) is 31.2 Å². The van der Waals surface area contributed by atoms with Gasteiger partial charge in [0.2, 0.25) is 5.89 Å². The van der Waals surface area contributed by atoms with Crippen LogP contribution in [0.5, 0.6) is 0 Å². The molecule has 8 heteroatoms. The summed E-state index contributed by atoms with van der Waals surface area (Å²) in [6.45, 7) is 1.67. The van der Waals surface area contributed by atoms with Crippen LogP contribution < -0.4 is 0 Å². The number of ether oxygens (including phenoxy) is 1. The van der Waals surface area contributed by atoms with Crippen molar-refractivity contribution in [2.75, 3.05) is 0 Å². The Kier molecular flexibility index (Phi) is 5.18. The molecule has 0 saturated carbocycles. The lowest BCUT2D eigenvalue weighted by Crippen LogP contribution is -2.05. The van der Waals surface area contributed by atoms with Crippen molar-refractivity contribution in [3.63, 3.8) is 0 Å². The molecule has 0 N–H and O–H groups in total. The first-order chi connectivity index (χ1) is 13.6. The maximum Gasteiger partial charge on any atom is 0.350 e. The molecule has 0 fully saturated rings. The summed E-state index contributed by atoms with van der Waals surface area (Å²) >= 11 is 7.17. The van der Waals surface area contributed by atoms with Crippen LogP contribution in [-0.4, -0.2) is 21.2 Å². The van der Waals surface area contributed by atoms with Crippen LogP contribution >= 0.6 is 22.9 Å². The summed E-state index contributed by atoms with van der Waals surface area (Å²) in [7, 11) is 0. The zero-order valence-electron chi connectivity index (χ0n) is 14.8. The number of carbonyl (C=O) groups is 1. The number of carbonyl (C=O) groups excluding carboxylic acids is 1. The van der Waals surface area contributed by atoms with Crippen molar-refractivity contribution in [2.24, 2.45) is 0 Å². The number of aromatic nitrogens is 3. The van der Waals surface area contributed by atoms with Crippen molar-refractivity contribution < 1.29 is 13.9 Å².